The second-order valence-electron chi connectivity index (χ2n) is 4.91. The quantitative estimate of drug-likeness (QED) is 0.804. The number of carbonyl (C=O) groups is 2. The topological polar surface area (TPSA) is 49.4 Å². The molecule has 0 heterocycles. The molecule has 0 saturated heterocycles. The Morgan fingerprint density at radius 3 is 2.37 bits per heavy atom. The van der Waals surface area contributed by atoms with Crippen LogP contribution in [-0.4, -0.2) is 43.3 Å². The highest BCUT2D eigenvalue weighted by atomic mass is 16.2. The molecule has 1 aromatic rings. The first-order valence-electron chi connectivity index (χ1n) is 6.48. The van der Waals surface area contributed by atoms with Crippen molar-refractivity contribution in [1.29, 1.82) is 0 Å². The number of carbonyl (C=O) groups excluding carboxylic acids is 2. The minimum Gasteiger partial charge on any atom is -0.354 e. The fourth-order valence-corrected chi connectivity index (χ4v) is 1.83. The Morgan fingerprint density at radius 1 is 1.21 bits per heavy atom. The molecule has 1 aromatic carbocycles. The highest BCUT2D eigenvalue weighted by molar-refractivity contribution is 5.83. The smallest absolute Gasteiger partial charge is 0.237 e. The summed E-state index contributed by atoms with van der Waals surface area (Å²) in [5.74, 6) is 0.0554. The van der Waals surface area contributed by atoms with Gasteiger partial charge in [-0.15, -0.1) is 0 Å². The van der Waals surface area contributed by atoms with Crippen LogP contribution in [0.5, 0.6) is 0 Å². The van der Waals surface area contributed by atoms with E-state index in [0.717, 1.165) is 5.56 Å². The number of nitrogens with one attached hydrogen (secondary N) is 1. The van der Waals surface area contributed by atoms with Crippen molar-refractivity contribution >= 4 is 11.7 Å². The maximum Gasteiger partial charge on any atom is 0.237 e. The van der Waals surface area contributed by atoms with Crippen molar-refractivity contribution in [3.8, 4) is 0 Å². The third kappa shape index (κ3) is 5.66. The van der Waals surface area contributed by atoms with Crippen LogP contribution in [0.3, 0.4) is 0 Å². The Kier molecular flexibility index (Phi) is 6.22. The van der Waals surface area contributed by atoms with Crippen LogP contribution in [0, 0.1) is 0 Å². The van der Waals surface area contributed by atoms with Crippen molar-refractivity contribution in [1.82, 2.24) is 10.2 Å². The highest BCUT2D eigenvalue weighted by Gasteiger charge is 2.20. The molecule has 0 aliphatic carbocycles. The molecule has 1 rings (SSSR count). The van der Waals surface area contributed by atoms with Crippen LogP contribution in [0.25, 0.3) is 0 Å². The van der Waals surface area contributed by atoms with E-state index >= 15 is 0 Å². The molecule has 0 unspecified atom stereocenters. The third-order valence-electron chi connectivity index (χ3n) is 2.97. The number of hydrogen-bond donors (Lipinski definition) is 1. The SMILES string of the molecule is CC(=O)CCNC(=O)[C@H](Cc1ccccc1)N(C)C. The molecule has 1 N–H and O–H groups in total. The van der Waals surface area contributed by atoms with Crippen molar-refractivity contribution in [3.05, 3.63) is 35.9 Å². The number of Topliss-reactive ketones (excluding diaryl/α,β-unsaturated/α-hetero) is 1. The first-order valence-corrected chi connectivity index (χ1v) is 6.48. The number of ketones is 1. The molecule has 1 atom stereocenters. The van der Waals surface area contributed by atoms with Gasteiger partial charge < -0.3 is 5.32 Å². The van der Waals surface area contributed by atoms with E-state index in [1.807, 2.05) is 49.3 Å². The molecule has 1 amide bonds. The lowest BCUT2D eigenvalue weighted by molar-refractivity contribution is -0.125. The first kappa shape index (κ1) is 15.4. The van der Waals surface area contributed by atoms with Crippen molar-refractivity contribution < 1.29 is 9.59 Å². The number of rotatable bonds is 7. The van der Waals surface area contributed by atoms with Crippen molar-refractivity contribution in [3.63, 3.8) is 0 Å². The van der Waals surface area contributed by atoms with Crippen LogP contribution >= 0.6 is 0 Å². The minimum atomic E-state index is -0.214. The predicted molar refractivity (Wildman–Crippen MR) is 75.9 cm³/mol. The molecule has 0 saturated carbocycles. The fraction of sp³-hybridized carbons (Fsp3) is 0.467. The molecule has 4 nitrogen and oxygen atoms in total. The summed E-state index contributed by atoms with van der Waals surface area (Å²) >= 11 is 0. The number of likely N-dealkylation sites (N-methyl/N-ethyl adjacent to an activating group) is 1. The van der Waals surface area contributed by atoms with Gasteiger partial charge in [-0.25, -0.2) is 0 Å². The maximum atomic E-state index is 12.1. The van der Waals surface area contributed by atoms with Crippen molar-refractivity contribution in [2.24, 2.45) is 0 Å². The lowest BCUT2D eigenvalue weighted by Gasteiger charge is -2.23. The average Bonchev–Trinajstić information content (AvgIpc) is 2.36. The summed E-state index contributed by atoms with van der Waals surface area (Å²) in [6.45, 7) is 1.94. The van der Waals surface area contributed by atoms with E-state index in [2.05, 4.69) is 5.32 Å². The summed E-state index contributed by atoms with van der Waals surface area (Å²) in [4.78, 5) is 24.9. The number of benzene rings is 1. The molecule has 0 aromatic heterocycles. The summed E-state index contributed by atoms with van der Waals surface area (Å²) in [6.07, 6.45) is 1.05. The van der Waals surface area contributed by atoms with E-state index < -0.39 is 0 Å². The van der Waals surface area contributed by atoms with Gasteiger partial charge in [-0.05, 0) is 33.0 Å². The summed E-state index contributed by atoms with van der Waals surface area (Å²) in [5, 5.41) is 2.81. The first-order chi connectivity index (χ1) is 9.00. The average molecular weight is 262 g/mol. The molecule has 104 valence electrons. The molecule has 0 fully saturated rings. The summed E-state index contributed by atoms with van der Waals surface area (Å²) < 4.78 is 0. The molecule has 0 radical (unpaired) electrons. The van der Waals surface area contributed by atoms with Gasteiger partial charge in [0.2, 0.25) is 5.91 Å². The summed E-state index contributed by atoms with van der Waals surface area (Å²) in [6, 6.07) is 9.71. The Labute approximate surface area is 114 Å². The van der Waals surface area contributed by atoms with Crippen molar-refractivity contribution in [2.75, 3.05) is 20.6 Å². The van der Waals surface area contributed by atoms with E-state index in [4.69, 9.17) is 0 Å². The van der Waals surface area contributed by atoms with E-state index in [1.54, 1.807) is 0 Å². The molecule has 0 spiro atoms. The van der Waals surface area contributed by atoms with Crippen LogP contribution in [0.1, 0.15) is 18.9 Å². The van der Waals surface area contributed by atoms with Gasteiger partial charge in [0.15, 0.2) is 0 Å². The van der Waals surface area contributed by atoms with Crippen LogP contribution in [0.2, 0.25) is 0 Å². The van der Waals surface area contributed by atoms with E-state index in [-0.39, 0.29) is 17.7 Å². The van der Waals surface area contributed by atoms with Gasteiger partial charge >= 0.3 is 0 Å². The molecular weight excluding hydrogens is 240 g/mol. The zero-order valence-electron chi connectivity index (χ0n) is 11.8. The Bertz CT molecular complexity index is 415. The molecule has 0 aliphatic heterocycles. The predicted octanol–water partition coefficient (Wildman–Crippen LogP) is 1.25. The number of nitrogens with zero attached hydrogens (tertiary/aromatic N) is 1. The zero-order valence-corrected chi connectivity index (χ0v) is 11.8. The van der Waals surface area contributed by atoms with Crippen LogP contribution in [0.4, 0.5) is 0 Å². The van der Waals surface area contributed by atoms with Gasteiger partial charge in [-0.2, -0.15) is 0 Å². The van der Waals surface area contributed by atoms with E-state index in [1.165, 1.54) is 6.92 Å². The lowest BCUT2D eigenvalue weighted by atomic mass is 10.0. The number of amides is 1. The summed E-state index contributed by atoms with van der Waals surface area (Å²) in [5.41, 5.74) is 1.13. The summed E-state index contributed by atoms with van der Waals surface area (Å²) in [7, 11) is 3.77. The number of hydrogen-bond acceptors (Lipinski definition) is 3. The molecule has 0 aliphatic rings. The van der Waals surface area contributed by atoms with Crippen LogP contribution in [-0.2, 0) is 16.0 Å². The van der Waals surface area contributed by atoms with Crippen LogP contribution in [0.15, 0.2) is 30.3 Å². The monoisotopic (exact) mass is 262 g/mol. The second-order valence-corrected chi connectivity index (χ2v) is 4.91. The van der Waals surface area contributed by atoms with Crippen LogP contribution < -0.4 is 5.32 Å². The molecule has 4 heteroatoms. The largest absolute Gasteiger partial charge is 0.354 e. The Hall–Kier alpha value is -1.68. The Morgan fingerprint density at radius 2 is 1.84 bits per heavy atom. The fourth-order valence-electron chi connectivity index (χ4n) is 1.83. The minimum absolute atomic E-state index is 0.0323. The van der Waals surface area contributed by atoms with E-state index in [9.17, 15) is 9.59 Å². The van der Waals surface area contributed by atoms with Gasteiger partial charge in [-0.3, -0.25) is 14.5 Å². The van der Waals surface area contributed by atoms with Gasteiger partial charge in [0.25, 0.3) is 0 Å². The second kappa shape index (κ2) is 7.69. The lowest BCUT2D eigenvalue weighted by Crippen LogP contribution is -2.45. The van der Waals surface area contributed by atoms with Gasteiger partial charge in [-0.1, -0.05) is 30.3 Å². The van der Waals surface area contributed by atoms with E-state index in [0.29, 0.717) is 19.4 Å². The zero-order chi connectivity index (χ0) is 14.3. The third-order valence-corrected chi connectivity index (χ3v) is 2.97. The van der Waals surface area contributed by atoms with Crippen molar-refractivity contribution in [2.45, 2.75) is 25.8 Å². The normalized spacial score (nSPS) is 12.2. The molecule has 19 heavy (non-hydrogen) atoms. The van der Waals surface area contributed by atoms with Gasteiger partial charge in [0.1, 0.15) is 5.78 Å². The highest BCUT2D eigenvalue weighted by Crippen LogP contribution is 2.07. The molecule has 0 bridgehead atoms. The van der Waals surface area contributed by atoms with Gasteiger partial charge in [0, 0.05) is 13.0 Å². The van der Waals surface area contributed by atoms with Gasteiger partial charge in [0.05, 0.1) is 6.04 Å². The maximum absolute atomic E-state index is 12.1. The standard InChI is InChI=1S/C15H22N2O2/c1-12(18)9-10-16-15(19)14(17(2)3)11-13-7-5-4-6-8-13/h4-8,14H,9-11H2,1-3H3,(H,16,19)/t14-/m0/s1. The molecular formula is C15H22N2O2. The Balaban J connectivity index is 2.57.